The van der Waals surface area contributed by atoms with Crippen LogP contribution in [0.5, 0.6) is 5.75 Å². The molecule has 0 spiro atoms. The Morgan fingerprint density at radius 2 is 1.57 bits per heavy atom. The van der Waals surface area contributed by atoms with Gasteiger partial charge < -0.3 is 9.50 Å². The van der Waals surface area contributed by atoms with Gasteiger partial charge in [0.2, 0.25) is 0 Å². The van der Waals surface area contributed by atoms with Crippen molar-refractivity contribution in [3.05, 3.63) is 95.6 Å². The number of rotatable bonds is 8. The second-order valence-electron chi connectivity index (χ2n) is 6.97. The van der Waals surface area contributed by atoms with Crippen LogP contribution in [0, 0.1) is 6.92 Å². The minimum absolute atomic E-state index is 0.154. The number of benzene rings is 3. The van der Waals surface area contributed by atoms with Crippen molar-refractivity contribution in [2.24, 2.45) is 0 Å². The molecule has 0 saturated carbocycles. The smallest absolute Gasteiger partial charge is 0.339 e. The maximum Gasteiger partial charge on any atom is 0.339 e. The molecule has 3 rings (SSSR count). The van der Waals surface area contributed by atoms with Crippen LogP contribution in [0.4, 0.5) is 0 Å². The van der Waals surface area contributed by atoms with Crippen molar-refractivity contribution in [2.75, 3.05) is 0 Å². The highest BCUT2D eigenvalue weighted by molar-refractivity contribution is 7.87. The van der Waals surface area contributed by atoms with Crippen LogP contribution in [-0.4, -0.2) is 14.5 Å². The quantitative estimate of drug-likeness (QED) is 0.571. The van der Waals surface area contributed by atoms with Crippen LogP contribution < -0.4 is 9.50 Å². The summed E-state index contributed by atoms with van der Waals surface area (Å²) in [7, 11) is -3.84. The van der Waals surface area contributed by atoms with E-state index in [4.69, 9.17) is 4.18 Å². The maximum absolute atomic E-state index is 12.5. The molecule has 4 nitrogen and oxygen atoms in total. The lowest BCUT2D eigenvalue weighted by Crippen LogP contribution is -2.27. The normalized spacial score (nSPS) is 12.5. The molecule has 1 unspecified atom stereocenters. The highest BCUT2D eigenvalue weighted by atomic mass is 32.2. The predicted molar refractivity (Wildman–Crippen MR) is 112 cm³/mol. The zero-order chi connectivity index (χ0) is 20.0. The van der Waals surface area contributed by atoms with Crippen molar-refractivity contribution in [3.8, 4) is 5.75 Å². The largest absolute Gasteiger partial charge is 0.379 e. The molecule has 0 aliphatic heterocycles. The van der Waals surface area contributed by atoms with Gasteiger partial charge in [0, 0.05) is 12.6 Å². The Morgan fingerprint density at radius 1 is 0.893 bits per heavy atom. The molecule has 1 atom stereocenters. The molecule has 0 saturated heterocycles. The lowest BCUT2D eigenvalue weighted by Gasteiger charge is -2.15. The van der Waals surface area contributed by atoms with Crippen molar-refractivity contribution >= 4 is 10.1 Å². The van der Waals surface area contributed by atoms with Crippen molar-refractivity contribution < 1.29 is 12.6 Å². The highest BCUT2D eigenvalue weighted by Gasteiger charge is 2.16. The zero-order valence-electron chi connectivity index (χ0n) is 16.1. The minimum atomic E-state index is -3.84. The van der Waals surface area contributed by atoms with E-state index in [-0.39, 0.29) is 10.9 Å². The summed E-state index contributed by atoms with van der Waals surface area (Å²) in [6.07, 6.45) is 0.772. The molecule has 0 radical (unpaired) electrons. The van der Waals surface area contributed by atoms with Gasteiger partial charge in [0.15, 0.2) is 0 Å². The molecule has 0 heterocycles. The maximum atomic E-state index is 12.5. The molecule has 0 bridgehead atoms. The SMILES string of the molecule is Cc1ccc(S(=O)(=O)Oc2cccc(CC(C)NCc3ccccc3)c2)cc1. The van der Waals surface area contributed by atoms with E-state index in [0.29, 0.717) is 5.75 Å². The molecule has 0 aromatic heterocycles. The first-order valence-electron chi connectivity index (χ1n) is 9.30. The Balaban J connectivity index is 1.62. The molecule has 146 valence electrons. The lowest BCUT2D eigenvalue weighted by molar-refractivity contribution is 0.485. The number of aryl methyl sites for hydroxylation is 1. The summed E-state index contributed by atoms with van der Waals surface area (Å²) in [6.45, 7) is 4.81. The van der Waals surface area contributed by atoms with E-state index < -0.39 is 10.1 Å². The molecular formula is C23H25NO3S. The standard InChI is InChI=1S/C23H25NO3S/c1-18-11-13-23(14-12-18)28(25,26)27-22-10-6-9-21(16-22)15-19(2)24-17-20-7-4-3-5-8-20/h3-14,16,19,24H,15,17H2,1-2H3. The summed E-state index contributed by atoms with van der Waals surface area (Å²) in [4.78, 5) is 0.154. The lowest BCUT2D eigenvalue weighted by atomic mass is 10.1. The topological polar surface area (TPSA) is 55.4 Å². The number of hydrogen-bond donors (Lipinski definition) is 1. The summed E-state index contributed by atoms with van der Waals surface area (Å²) in [6, 6.07) is 24.3. The van der Waals surface area contributed by atoms with Crippen molar-refractivity contribution in [1.29, 1.82) is 0 Å². The second-order valence-corrected chi connectivity index (χ2v) is 8.52. The van der Waals surface area contributed by atoms with Gasteiger partial charge in [-0.2, -0.15) is 8.42 Å². The van der Waals surface area contributed by atoms with Gasteiger partial charge in [-0.25, -0.2) is 0 Å². The molecule has 0 amide bonds. The van der Waals surface area contributed by atoms with Gasteiger partial charge in [0.05, 0.1) is 0 Å². The van der Waals surface area contributed by atoms with E-state index in [2.05, 4.69) is 24.4 Å². The molecule has 1 N–H and O–H groups in total. The fourth-order valence-corrected chi connectivity index (χ4v) is 3.84. The Morgan fingerprint density at radius 3 is 2.29 bits per heavy atom. The van der Waals surface area contributed by atoms with Gasteiger partial charge in [0.25, 0.3) is 0 Å². The summed E-state index contributed by atoms with van der Waals surface area (Å²) >= 11 is 0. The first-order valence-corrected chi connectivity index (χ1v) is 10.7. The van der Waals surface area contributed by atoms with E-state index in [0.717, 1.165) is 24.1 Å². The summed E-state index contributed by atoms with van der Waals surface area (Å²) in [5.74, 6) is 0.327. The molecular weight excluding hydrogens is 370 g/mol. The fraction of sp³-hybridized carbons (Fsp3) is 0.217. The van der Waals surface area contributed by atoms with E-state index >= 15 is 0 Å². The third-order valence-corrected chi connectivity index (χ3v) is 5.71. The van der Waals surface area contributed by atoms with E-state index in [1.54, 1.807) is 36.4 Å². The Bertz CT molecular complexity index is 1000. The average molecular weight is 396 g/mol. The summed E-state index contributed by atoms with van der Waals surface area (Å²) < 4.78 is 30.3. The molecule has 5 heteroatoms. The van der Waals surface area contributed by atoms with Gasteiger partial charge in [-0.3, -0.25) is 0 Å². The van der Waals surface area contributed by atoms with Gasteiger partial charge in [0.1, 0.15) is 10.6 Å². The Labute approximate surface area is 167 Å². The van der Waals surface area contributed by atoms with Crippen LogP contribution in [0.1, 0.15) is 23.6 Å². The fourth-order valence-electron chi connectivity index (χ4n) is 2.92. The van der Waals surface area contributed by atoms with Crippen LogP contribution in [-0.2, 0) is 23.1 Å². The third-order valence-electron chi connectivity index (χ3n) is 4.45. The Kier molecular flexibility index (Phi) is 6.49. The van der Waals surface area contributed by atoms with Gasteiger partial charge in [-0.05, 0) is 55.7 Å². The minimum Gasteiger partial charge on any atom is -0.379 e. The molecule has 3 aromatic rings. The van der Waals surface area contributed by atoms with Crippen molar-refractivity contribution in [3.63, 3.8) is 0 Å². The van der Waals surface area contributed by atoms with Crippen molar-refractivity contribution in [1.82, 2.24) is 5.32 Å². The number of nitrogens with one attached hydrogen (secondary N) is 1. The first-order chi connectivity index (χ1) is 13.4. The Hall–Kier alpha value is -2.63. The van der Waals surface area contributed by atoms with Crippen LogP contribution >= 0.6 is 0 Å². The third kappa shape index (κ3) is 5.68. The van der Waals surface area contributed by atoms with Crippen LogP contribution in [0.15, 0.2) is 83.8 Å². The molecule has 0 fully saturated rings. The van der Waals surface area contributed by atoms with E-state index in [9.17, 15) is 8.42 Å². The molecule has 0 aliphatic carbocycles. The highest BCUT2D eigenvalue weighted by Crippen LogP contribution is 2.21. The van der Waals surface area contributed by atoms with Gasteiger partial charge in [-0.1, -0.05) is 60.2 Å². The molecule has 3 aromatic carbocycles. The summed E-state index contributed by atoms with van der Waals surface area (Å²) in [5.41, 5.74) is 3.25. The first kappa shape index (κ1) is 20.1. The summed E-state index contributed by atoms with van der Waals surface area (Å²) in [5, 5.41) is 3.49. The monoisotopic (exact) mass is 395 g/mol. The van der Waals surface area contributed by atoms with E-state index in [1.165, 1.54) is 5.56 Å². The average Bonchev–Trinajstić information content (AvgIpc) is 2.67. The zero-order valence-corrected chi connectivity index (χ0v) is 16.9. The predicted octanol–water partition coefficient (Wildman–Crippen LogP) is 4.48. The van der Waals surface area contributed by atoms with Crippen LogP contribution in [0.25, 0.3) is 0 Å². The van der Waals surface area contributed by atoms with Crippen molar-refractivity contribution in [2.45, 2.75) is 37.8 Å². The number of hydrogen-bond acceptors (Lipinski definition) is 4. The van der Waals surface area contributed by atoms with Crippen LogP contribution in [0.3, 0.4) is 0 Å². The second kappa shape index (κ2) is 9.04. The molecule has 28 heavy (non-hydrogen) atoms. The molecule has 0 aliphatic rings. The van der Waals surface area contributed by atoms with Gasteiger partial charge in [-0.15, -0.1) is 0 Å². The van der Waals surface area contributed by atoms with E-state index in [1.807, 2.05) is 37.3 Å². The van der Waals surface area contributed by atoms with Gasteiger partial charge >= 0.3 is 10.1 Å². The van der Waals surface area contributed by atoms with Crippen LogP contribution in [0.2, 0.25) is 0 Å².